The number of nitrogens with zero attached hydrogens (tertiary/aromatic N) is 3. The van der Waals surface area contributed by atoms with Crippen LogP contribution in [0.4, 0.5) is 5.69 Å². The van der Waals surface area contributed by atoms with E-state index in [1.807, 2.05) is 20.8 Å². The zero-order valence-electron chi connectivity index (χ0n) is 15.5. The zero-order valence-corrected chi connectivity index (χ0v) is 17.1. The number of anilines is 1. The van der Waals surface area contributed by atoms with Crippen molar-refractivity contribution in [3.05, 3.63) is 64.5 Å². The van der Waals surface area contributed by atoms with Crippen LogP contribution in [0, 0.1) is 0 Å². The number of hydrogen-bond acceptors (Lipinski definition) is 6. The molecule has 0 aliphatic heterocycles. The van der Waals surface area contributed by atoms with Gasteiger partial charge in [0.15, 0.2) is 11.7 Å². The van der Waals surface area contributed by atoms with E-state index < -0.39 is 23.4 Å². The summed E-state index contributed by atoms with van der Waals surface area (Å²) in [4.78, 5) is 27.8. The third-order valence-corrected chi connectivity index (χ3v) is 4.55. The van der Waals surface area contributed by atoms with Gasteiger partial charge in [-0.2, -0.15) is 0 Å². The SMILES string of the molecule is CC(C)(C)NC(=O)C(c1ccco1)N(C(=O)c1csnn1)c1ccccc1Cl. The summed E-state index contributed by atoms with van der Waals surface area (Å²) in [6, 6.07) is 9.02. The fraction of sp³-hybridized carbons (Fsp3) is 0.263. The van der Waals surface area contributed by atoms with Crippen LogP contribution in [-0.2, 0) is 4.79 Å². The summed E-state index contributed by atoms with van der Waals surface area (Å²) in [7, 11) is 0. The Morgan fingerprint density at radius 1 is 1.21 bits per heavy atom. The van der Waals surface area contributed by atoms with E-state index in [1.165, 1.54) is 16.5 Å². The largest absolute Gasteiger partial charge is 0.467 e. The number of rotatable bonds is 5. The van der Waals surface area contributed by atoms with Gasteiger partial charge in [0.2, 0.25) is 0 Å². The average Bonchev–Trinajstić information content (AvgIpc) is 3.32. The van der Waals surface area contributed by atoms with Crippen molar-refractivity contribution < 1.29 is 14.0 Å². The fourth-order valence-electron chi connectivity index (χ4n) is 2.65. The first-order chi connectivity index (χ1) is 13.3. The number of carbonyl (C=O) groups is 2. The van der Waals surface area contributed by atoms with Crippen molar-refractivity contribution in [2.75, 3.05) is 4.90 Å². The smallest absolute Gasteiger partial charge is 0.280 e. The average molecular weight is 419 g/mol. The highest BCUT2D eigenvalue weighted by molar-refractivity contribution is 7.03. The quantitative estimate of drug-likeness (QED) is 0.674. The molecule has 7 nitrogen and oxygen atoms in total. The lowest BCUT2D eigenvalue weighted by atomic mass is 10.1. The number of benzene rings is 1. The van der Waals surface area contributed by atoms with E-state index in [2.05, 4.69) is 14.9 Å². The molecule has 0 fully saturated rings. The molecule has 1 unspecified atom stereocenters. The van der Waals surface area contributed by atoms with Crippen molar-refractivity contribution in [2.45, 2.75) is 32.4 Å². The number of para-hydroxylation sites is 1. The maximum atomic E-state index is 13.3. The topological polar surface area (TPSA) is 88.3 Å². The standard InChI is InChI=1S/C19H19ClN4O3S/c1-19(2,3)21-17(25)16(15-9-6-10-27-15)24(14-8-5-4-7-12(14)20)18(26)13-11-28-23-22-13/h4-11,16H,1-3H3,(H,21,25). The molecule has 0 radical (unpaired) electrons. The van der Waals surface area contributed by atoms with Gasteiger partial charge in [0.25, 0.3) is 11.8 Å². The Kier molecular flexibility index (Phi) is 5.81. The van der Waals surface area contributed by atoms with E-state index in [0.29, 0.717) is 16.5 Å². The van der Waals surface area contributed by atoms with Crippen LogP contribution in [-0.4, -0.2) is 26.9 Å². The predicted molar refractivity (Wildman–Crippen MR) is 108 cm³/mol. The normalized spacial score (nSPS) is 12.4. The third kappa shape index (κ3) is 4.40. The summed E-state index contributed by atoms with van der Waals surface area (Å²) in [6.45, 7) is 5.57. The molecule has 1 atom stereocenters. The molecular formula is C19H19ClN4O3S. The minimum absolute atomic E-state index is 0.116. The highest BCUT2D eigenvalue weighted by atomic mass is 35.5. The highest BCUT2D eigenvalue weighted by Crippen LogP contribution is 2.34. The molecule has 0 aliphatic rings. The van der Waals surface area contributed by atoms with E-state index in [1.54, 1.807) is 36.4 Å². The number of furan rings is 1. The summed E-state index contributed by atoms with van der Waals surface area (Å²) in [5.41, 5.74) is -0.0306. The first kappa shape index (κ1) is 20.0. The van der Waals surface area contributed by atoms with Crippen LogP contribution < -0.4 is 10.2 Å². The summed E-state index contributed by atoms with van der Waals surface area (Å²) in [6.07, 6.45) is 1.45. The van der Waals surface area contributed by atoms with Gasteiger partial charge in [-0.15, -0.1) is 5.10 Å². The Morgan fingerprint density at radius 2 is 1.96 bits per heavy atom. The second kappa shape index (κ2) is 8.12. The van der Waals surface area contributed by atoms with Gasteiger partial charge in [-0.1, -0.05) is 28.2 Å². The predicted octanol–water partition coefficient (Wildman–Crippen LogP) is 4.09. The van der Waals surface area contributed by atoms with Gasteiger partial charge >= 0.3 is 0 Å². The van der Waals surface area contributed by atoms with Crippen molar-refractivity contribution in [2.24, 2.45) is 0 Å². The fourth-order valence-corrected chi connectivity index (χ4v) is 3.31. The van der Waals surface area contributed by atoms with E-state index in [-0.39, 0.29) is 5.69 Å². The van der Waals surface area contributed by atoms with Crippen molar-refractivity contribution in [3.63, 3.8) is 0 Å². The van der Waals surface area contributed by atoms with Gasteiger partial charge in [-0.25, -0.2) is 0 Å². The molecule has 0 saturated heterocycles. The molecule has 3 rings (SSSR count). The molecule has 3 aromatic rings. The second-order valence-electron chi connectivity index (χ2n) is 7.07. The van der Waals surface area contributed by atoms with Crippen molar-refractivity contribution in [1.82, 2.24) is 14.9 Å². The second-order valence-corrected chi connectivity index (χ2v) is 8.09. The van der Waals surface area contributed by atoms with Crippen LogP contribution in [0.1, 0.15) is 43.1 Å². The van der Waals surface area contributed by atoms with Crippen molar-refractivity contribution in [3.8, 4) is 0 Å². The van der Waals surface area contributed by atoms with Gasteiger partial charge < -0.3 is 9.73 Å². The molecule has 28 heavy (non-hydrogen) atoms. The third-order valence-electron chi connectivity index (χ3n) is 3.73. The number of aromatic nitrogens is 2. The van der Waals surface area contributed by atoms with E-state index in [4.69, 9.17) is 16.0 Å². The Labute approximate surface area is 171 Å². The van der Waals surface area contributed by atoms with Gasteiger partial charge in [0.05, 0.1) is 17.0 Å². The lowest BCUT2D eigenvalue weighted by Gasteiger charge is -2.32. The lowest BCUT2D eigenvalue weighted by molar-refractivity contribution is -0.124. The Morgan fingerprint density at radius 3 is 2.54 bits per heavy atom. The summed E-state index contributed by atoms with van der Waals surface area (Å²) in [5.74, 6) is -0.607. The molecular weight excluding hydrogens is 400 g/mol. The molecule has 0 spiro atoms. The van der Waals surface area contributed by atoms with Gasteiger partial charge in [-0.05, 0) is 56.6 Å². The minimum Gasteiger partial charge on any atom is -0.467 e. The Balaban J connectivity index is 2.15. The summed E-state index contributed by atoms with van der Waals surface area (Å²) >= 11 is 7.42. The van der Waals surface area contributed by atoms with Crippen LogP contribution in [0.2, 0.25) is 5.02 Å². The zero-order chi connectivity index (χ0) is 20.3. The monoisotopic (exact) mass is 418 g/mol. The molecule has 1 N–H and O–H groups in total. The van der Waals surface area contributed by atoms with Gasteiger partial charge in [0.1, 0.15) is 5.76 Å². The highest BCUT2D eigenvalue weighted by Gasteiger charge is 2.38. The Hall–Kier alpha value is -2.71. The van der Waals surface area contributed by atoms with Crippen LogP contribution in [0.5, 0.6) is 0 Å². The molecule has 0 bridgehead atoms. The molecule has 2 amide bonds. The maximum Gasteiger partial charge on any atom is 0.280 e. The molecule has 1 aromatic carbocycles. The maximum absolute atomic E-state index is 13.3. The van der Waals surface area contributed by atoms with E-state index >= 15 is 0 Å². The molecule has 0 saturated carbocycles. The van der Waals surface area contributed by atoms with E-state index in [9.17, 15) is 9.59 Å². The van der Waals surface area contributed by atoms with Crippen LogP contribution in [0.3, 0.4) is 0 Å². The summed E-state index contributed by atoms with van der Waals surface area (Å²) < 4.78 is 9.27. The molecule has 2 aromatic heterocycles. The number of nitrogens with one attached hydrogen (secondary N) is 1. The first-order valence-corrected chi connectivity index (χ1v) is 9.70. The molecule has 2 heterocycles. The number of amides is 2. The van der Waals surface area contributed by atoms with Crippen LogP contribution in [0.25, 0.3) is 0 Å². The Bertz CT molecular complexity index is 952. The molecule has 9 heteroatoms. The molecule has 146 valence electrons. The number of halogens is 1. The van der Waals surface area contributed by atoms with Crippen molar-refractivity contribution >= 4 is 40.6 Å². The van der Waals surface area contributed by atoms with Gasteiger partial charge in [-0.3, -0.25) is 14.5 Å². The van der Waals surface area contributed by atoms with Crippen molar-refractivity contribution in [1.29, 1.82) is 0 Å². The lowest BCUT2D eigenvalue weighted by Crippen LogP contribution is -2.49. The van der Waals surface area contributed by atoms with Crippen LogP contribution >= 0.6 is 23.1 Å². The molecule has 0 aliphatic carbocycles. The number of hydrogen-bond donors (Lipinski definition) is 1. The summed E-state index contributed by atoms with van der Waals surface area (Å²) in [5, 5.41) is 8.61. The number of carbonyl (C=O) groups excluding carboxylic acids is 2. The van der Waals surface area contributed by atoms with E-state index in [0.717, 1.165) is 11.5 Å². The van der Waals surface area contributed by atoms with Crippen LogP contribution in [0.15, 0.2) is 52.5 Å². The minimum atomic E-state index is -1.08. The van der Waals surface area contributed by atoms with Gasteiger partial charge in [0, 0.05) is 10.9 Å². The first-order valence-electron chi connectivity index (χ1n) is 8.48.